The van der Waals surface area contributed by atoms with Crippen LogP contribution in [-0.4, -0.2) is 20.1 Å². The SMILES string of the molecule is C[C@](O)(CNS(=O)(=O)c1ccccc1Br)c1ccc(-c2ccccc2)cc1. The fourth-order valence-electron chi connectivity index (χ4n) is 2.73. The first kappa shape index (κ1) is 19.8. The van der Waals surface area contributed by atoms with E-state index in [1.165, 1.54) is 6.07 Å². The third-order valence-corrected chi connectivity index (χ3v) is 6.76. The normalized spacial score (nSPS) is 13.9. The molecule has 3 rings (SSSR count). The molecule has 0 amide bonds. The van der Waals surface area contributed by atoms with Crippen LogP contribution >= 0.6 is 15.9 Å². The van der Waals surface area contributed by atoms with Gasteiger partial charge in [0.25, 0.3) is 0 Å². The Bertz CT molecular complexity index is 1020. The largest absolute Gasteiger partial charge is 0.384 e. The highest BCUT2D eigenvalue weighted by Crippen LogP contribution is 2.26. The summed E-state index contributed by atoms with van der Waals surface area (Å²) in [6.07, 6.45) is 0. The summed E-state index contributed by atoms with van der Waals surface area (Å²) in [5.74, 6) is 0. The van der Waals surface area contributed by atoms with Gasteiger partial charge in [0.1, 0.15) is 5.60 Å². The van der Waals surface area contributed by atoms with E-state index in [4.69, 9.17) is 0 Å². The zero-order chi connectivity index (χ0) is 19.5. The number of hydrogen-bond acceptors (Lipinski definition) is 3. The Morgan fingerprint density at radius 2 is 1.44 bits per heavy atom. The van der Waals surface area contributed by atoms with Crippen molar-refractivity contribution in [3.05, 3.63) is 88.9 Å². The van der Waals surface area contributed by atoms with Crippen LogP contribution in [0.3, 0.4) is 0 Å². The highest BCUT2D eigenvalue weighted by atomic mass is 79.9. The minimum Gasteiger partial charge on any atom is -0.384 e. The number of nitrogens with one attached hydrogen (secondary N) is 1. The fraction of sp³-hybridized carbons (Fsp3) is 0.143. The van der Waals surface area contributed by atoms with Gasteiger partial charge in [-0.3, -0.25) is 0 Å². The lowest BCUT2D eigenvalue weighted by atomic mass is 9.94. The molecule has 0 aliphatic heterocycles. The number of halogens is 1. The first-order valence-electron chi connectivity index (χ1n) is 8.42. The van der Waals surface area contributed by atoms with Gasteiger partial charge in [-0.25, -0.2) is 13.1 Å². The Hall–Kier alpha value is -1.99. The molecule has 2 N–H and O–H groups in total. The molecule has 1 atom stereocenters. The zero-order valence-electron chi connectivity index (χ0n) is 14.8. The Morgan fingerprint density at radius 1 is 0.889 bits per heavy atom. The molecule has 3 aromatic carbocycles. The topological polar surface area (TPSA) is 66.4 Å². The van der Waals surface area contributed by atoms with Crippen LogP contribution in [0.15, 0.2) is 88.2 Å². The van der Waals surface area contributed by atoms with Gasteiger partial charge in [0.2, 0.25) is 10.0 Å². The average Bonchev–Trinajstić information content (AvgIpc) is 2.68. The van der Waals surface area contributed by atoms with Crippen LogP contribution in [0.5, 0.6) is 0 Å². The molecule has 0 heterocycles. The number of sulfonamides is 1. The van der Waals surface area contributed by atoms with Gasteiger partial charge in [0, 0.05) is 11.0 Å². The molecule has 4 nitrogen and oxygen atoms in total. The Morgan fingerprint density at radius 3 is 2.07 bits per heavy atom. The molecule has 0 spiro atoms. The van der Waals surface area contributed by atoms with Crippen molar-refractivity contribution in [2.24, 2.45) is 0 Å². The number of benzene rings is 3. The van der Waals surface area contributed by atoms with E-state index in [2.05, 4.69) is 20.7 Å². The number of hydrogen-bond donors (Lipinski definition) is 2. The fourth-order valence-corrected chi connectivity index (χ4v) is 4.86. The maximum absolute atomic E-state index is 12.5. The number of aliphatic hydroxyl groups is 1. The average molecular weight is 446 g/mol. The quantitative estimate of drug-likeness (QED) is 0.594. The van der Waals surface area contributed by atoms with Crippen LogP contribution in [0, 0.1) is 0 Å². The van der Waals surface area contributed by atoms with Gasteiger partial charge in [0.15, 0.2) is 0 Å². The molecule has 27 heavy (non-hydrogen) atoms. The van der Waals surface area contributed by atoms with E-state index in [9.17, 15) is 13.5 Å². The van der Waals surface area contributed by atoms with Gasteiger partial charge in [0.05, 0.1) is 4.90 Å². The molecule has 0 aromatic heterocycles. The molecular weight excluding hydrogens is 426 g/mol. The summed E-state index contributed by atoms with van der Waals surface area (Å²) in [6, 6.07) is 24.0. The second-order valence-electron chi connectivity index (χ2n) is 6.47. The van der Waals surface area contributed by atoms with Gasteiger partial charge >= 0.3 is 0 Å². The molecule has 0 saturated carbocycles. The first-order chi connectivity index (χ1) is 12.8. The van der Waals surface area contributed by atoms with Crippen molar-refractivity contribution in [1.82, 2.24) is 4.72 Å². The molecule has 0 radical (unpaired) electrons. The summed E-state index contributed by atoms with van der Waals surface area (Å²) in [4.78, 5) is 0.139. The molecule has 0 fully saturated rings. The molecule has 6 heteroatoms. The Balaban J connectivity index is 1.76. The van der Waals surface area contributed by atoms with Crippen molar-refractivity contribution in [3.8, 4) is 11.1 Å². The summed E-state index contributed by atoms with van der Waals surface area (Å²) in [7, 11) is -3.74. The van der Waals surface area contributed by atoms with Crippen molar-refractivity contribution in [3.63, 3.8) is 0 Å². The summed E-state index contributed by atoms with van der Waals surface area (Å²) in [6.45, 7) is 1.45. The minimum atomic E-state index is -3.74. The van der Waals surface area contributed by atoms with Crippen LogP contribution in [0.4, 0.5) is 0 Å². The monoisotopic (exact) mass is 445 g/mol. The van der Waals surface area contributed by atoms with Crippen LogP contribution in [0.25, 0.3) is 11.1 Å². The van der Waals surface area contributed by atoms with E-state index in [-0.39, 0.29) is 11.4 Å². The van der Waals surface area contributed by atoms with Crippen molar-refractivity contribution in [2.45, 2.75) is 17.4 Å². The van der Waals surface area contributed by atoms with Crippen LogP contribution in [-0.2, 0) is 15.6 Å². The molecule has 0 bridgehead atoms. The van der Waals surface area contributed by atoms with Crippen LogP contribution in [0.1, 0.15) is 12.5 Å². The molecular formula is C21H20BrNO3S. The van der Waals surface area contributed by atoms with Crippen molar-refractivity contribution >= 4 is 26.0 Å². The Labute approximate surface area is 168 Å². The molecule has 0 unspecified atom stereocenters. The third-order valence-electron chi connectivity index (χ3n) is 4.35. The van der Waals surface area contributed by atoms with Crippen molar-refractivity contribution in [2.75, 3.05) is 6.54 Å². The van der Waals surface area contributed by atoms with Crippen LogP contribution < -0.4 is 4.72 Å². The zero-order valence-corrected chi connectivity index (χ0v) is 17.2. The van der Waals surface area contributed by atoms with Gasteiger partial charge < -0.3 is 5.11 Å². The van der Waals surface area contributed by atoms with E-state index in [1.54, 1.807) is 25.1 Å². The summed E-state index contributed by atoms with van der Waals surface area (Å²) < 4.78 is 28.0. The van der Waals surface area contributed by atoms with E-state index in [1.807, 2.05) is 54.6 Å². The van der Waals surface area contributed by atoms with Crippen LogP contribution in [0.2, 0.25) is 0 Å². The van der Waals surface area contributed by atoms with Gasteiger partial charge in [-0.2, -0.15) is 0 Å². The van der Waals surface area contributed by atoms with E-state index >= 15 is 0 Å². The molecule has 0 saturated heterocycles. The highest BCUT2D eigenvalue weighted by Gasteiger charge is 2.27. The minimum absolute atomic E-state index is 0.138. The second kappa shape index (κ2) is 7.94. The smallest absolute Gasteiger partial charge is 0.241 e. The maximum atomic E-state index is 12.5. The van der Waals surface area contributed by atoms with Crippen molar-refractivity contribution < 1.29 is 13.5 Å². The molecule has 140 valence electrons. The predicted molar refractivity (Wildman–Crippen MR) is 111 cm³/mol. The maximum Gasteiger partial charge on any atom is 0.241 e. The van der Waals surface area contributed by atoms with E-state index in [0.29, 0.717) is 10.0 Å². The molecule has 3 aromatic rings. The van der Waals surface area contributed by atoms with Gasteiger partial charge in [-0.15, -0.1) is 0 Å². The molecule has 0 aliphatic rings. The summed E-state index contributed by atoms with van der Waals surface area (Å²) in [5.41, 5.74) is 1.41. The third kappa shape index (κ3) is 4.65. The highest BCUT2D eigenvalue weighted by molar-refractivity contribution is 9.10. The lowest BCUT2D eigenvalue weighted by molar-refractivity contribution is 0.0627. The second-order valence-corrected chi connectivity index (χ2v) is 9.06. The first-order valence-corrected chi connectivity index (χ1v) is 10.7. The summed E-state index contributed by atoms with van der Waals surface area (Å²) in [5, 5.41) is 10.8. The van der Waals surface area contributed by atoms with Crippen molar-refractivity contribution in [1.29, 1.82) is 0 Å². The number of rotatable bonds is 6. The Kier molecular flexibility index (Phi) is 5.81. The van der Waals surface area contributed by atoms with E-state index < -0.39 is 15.6 Å². The lowest BCUT2D eigenvalue weighted by Crippen LogP contribution is -2.38. The summed E-state index contributed by atoms with van der Waals surface area (Å²) >= 11 is 3.25. The van der Waals surface area contributed by atoms with E-state index in [0.717, 1.165) is 11.1 Å². The predicted octanol–water partition coefficient (Wildman–Crippen LogP) is 4.30. The standard InChI is InChI=1S/C21H20BrNO3S/c1-21(24,15-23-27(25,26)20-10-6-5-9-19(20)22)18-13-11-17(12-14-18)16-7-3-2-4-8-16/h2-14,23-24H,15H2,1H3/t21-/m0/s1. The van der Waals surface area contributed by atoms with Gasteiger partial charge in [-0.1, -0.05) is 66.7 Å². The lowest BCUT2D eigenvalue weighted by Gasteiger charge is -2.24. The van der Waals surface area contributed by atoms with Gasteiger partial charge in [-0.05, 0) is 51.7 Å². The molecule has 0 aliphatic carbocycles.